The van der Waals surface area contributed by atoms with Crippen molar-refractivity contribution in [3.63, 3.8) is 0 Å². The fraction of sp³-hybridized carbons (Fsp3) is 0.400. The van der Waals surface area contributed by atoms with Crippen LogP contribution in [0.4, 0.5) is 5.69 Å². The van der Waals surface area contributed by atoms with Gasteiger partial charge in [-0.2, -0.15) is 5.10 Å². The molecule has 1 aliphatic heterocycles. The summed E-state index contributed by atoms with van der Waals surface area (Å²) in [6.45, 7) is 6.08. The maximum Gasteiger partial charge on any atom is 0.265 e. The van der Waals surface area contributed by atoms with Crippen LogP contribution in [-0.2, 0) is 10.3 Å². The Morgan fingerprint density at radius 1 is 1.29 bits per heavy atom. The van der Waals surface area contributed by atoms with Gasteiger partial charge in [0.05, 0.1) is 17.8 Å². The van der Waals surface area contributed by atoms with E-state index >= 15 is 0 Å². The standard InChI is InChI=1S/C20H23N5O2S/c1-20(2,3)25-17-15(11-21-25)18(27)24-14(12-28-19(24)22-17)10-16(26)23(4)13-8-6-5-7-9-13/h5-9,11,14H,10,12H2,1-4H3. The molecule has 1 aliphatic rings. The van der Waals surface area contributed by atoms with Crippen LogP contribution in [0.3, 0.4) is 0 Å². The average Bonchev–Trinajstić information content (AvgIpc) is 3.26. The molecule has 3 heterocycles. The molecule has 28 heavy (non-hydrogen) atoms. The zero-order chi connectivity index (χ0) is 20.1. The number of amides is 1. The van der Waals surface area contributed by atoms with Crippen LogP contribution in [0.15, 0.2) is 46.5 Å². The largest absolute Gasteiger partial charge is 0.315 e. The minimum absolute atomic E-state index is 0.0259. The first-order valence-electron chi connectivity index (χ1n) is 9.22. The molecule has 0 spiro atoms. The molecule has 1 aromatic carbocycles. The van der Waals surface area contributed by atoms with Crippen molar-refractivity contribution in [3.05, 3.63) is 46.9 Å². The third-order valence-corrected chi connectivity index (χ3v) is 6.03. The van der Waals surface area contributed by atoms with Crippen molar-refractivity contribution in [2.24, 2.45) is 0 Å². The van der Waals surface area contributed by atoms with Crippen molar-refractivity contribution in [3.8, 4) is 0 Å². The number of fused-ring (bicyclic) bond motifs is 2. The number of anilines is 1. The fourth-order valence-corrected chi connectivity index (χ4v) is 4.54. The molecule has 0 radical (unpaired) electrons. The zero-order valence-electron chi connectivity index (χ0n) is 16.4. The van der Waals surface area contributed by atoms with Crippen LogP contribution in [0.25, 0.3) is 11.0 Å². The molecule has 1 unspecified atom stereocenters. The lowest BCUT2D eigenvalue weighted by atomic mass is 10.1. The van der Waals surface area contributed by atoms with E-state index in [0.717, 1.165) is 5.69 Å². The van der Waals surface area contributed by atoms with Gasteiger partial charge >= 0.3 is 0 Å². The molecule has 0 saturated carbocycles. The lowest BCUT2D eigenvalue weighted by molar-refractivity contribution is -0.119. The van der Waals surface area contributed by atoms with E-state index in [0.29, 0.717) is 21.9 Å². The summed E-state index contributed by atoms with van der Waals surface area (Å²) >= 11 is 1.52. The molecule has 7 nitrogen and oxygen atoms in total. The van der Waals surface area contributed by atoms with Crippen LogP contribution in [0.1, 0.15) is 33.2 Å². The molecule has 1 atom stereocenters. The maximum atomic E-state index is 13.1. The van der Waals surface area contributed by atoms with Gasteiger partial charge in [0.25, 0.3) is 5.56 Å². The molecule has 3 aromatic rings. The van der Waals surface area contributed by atoms with Gasteiger partial charge in [-0.05, 0) is 32.9 Å². The molecular weight excluding hydrogens is 374 g/mol. The summed E-state index contributed by atoms with van der Waals surface area (Å²) in [5.41, 5.74) is 1.05. The van der Waals surface area contributed by atoms with Gasteiger partial charge in [0.15, 0.2) is 10.8 Å². The van der Waals surface area contributed by atoms with E-state index in [9.17, 15) is 9.59 Å². The lowest BCUT2D eigenvalue weighted by Crippen LogP contribution is -2.32. The van der Waals surface area contributed by atoms with Crippen LogP contribution >= 0.6 is 11.8 Å². The summed E-state index contributed by atoms with van der Waals surface area (Å²) in [5.74, 6) is 0.633. The van der Waals surface area contributed by atoms with Crippen molar-refractivity contribution in [1.29, 1.82) is 0 Å². The highest BCUT2D eigenvalue weighted by atomic mass is 32.2. The highest BCUT2D eigenvalue weighted by Gasteiger charge is 2.31. The Morgan fingerprint density at radius 2 is 2.00 bits per heavy atom. The van der Waals surface area contributed by atoms with Crippen molar-refractivity contribution < 1.29 is 4.79 Å². The Bertz CT molecular complexity index is 1100. The van der Waals surface area contributed by atoms with Crippen LogP contribution in [-0.4, -0.2) is 38.0 Å². The number of carbonyl (C=O) groups excluding carboxylic acids is 1. The van der Waals surface area contributed by atoms with Crippen LogP contribution < -0.4 is 10.5 Å². The number of aromatic nitrogens is 4. The van der Waals surface area contributed by atoms with E-state index in [-0.39, 0.29) is 29.5 Å². The molecule has 8 heteroatoms. The predicted octanol–water partition coefficient (Wildman–Crippen LogP) is 3.05. The van der Waals surface area contributed by atoms with E-state index in [4.69, 9.17) is 4.98 Å². The normalized spacial score (nSPS) is 16.4. The van der Waals surface area contributed by atoms with E-state index in [1.165, 1.54) is 11.8 Å². The molecule has 0 aliphatic carbocycles. The number of para-hydroxylation sites is 1. The number of carbonyl (C=O) groups is 1. The number of rotatable bonds is 3. The summed E-state index contributed by atoms with van der Waals surface area (Å²) in [6.07, 6.45) is 1.84. The third kappa shape index (κ3) is 3.11. The van der Waals surface area contributed by atoms with Crippen molar-refractivity contribution in [2.75, 3.05) is 17.7 Å². The number of hydrogen-bond acceptors (Lipinski definition) is 5. The van der Waals surface area contributed by atoms with Gasteiger partial charge in [-0.25, -0.2) is 9.67 Å². The molecule has 0 N–H and O–H groups in total. The first kappa shape index (κ1) is 18.7. The summed E-state index contributed by atoms with van der Waals surface area (Å²) in [6, 6.07) is 9.30. The van der Waals surface area contributed by atoms with Crippen molar-refractivity contribution in [1.82, 2.24) is 19.3 Å². The number of thioether (sulfide) groups is 1. The fourth-order valence-electron chi connectivity index (χ4n) is 3.41. The van der Waals surface area contributed by atoms with Gasteiger partial charge in [-0.15, -0.1) is 0 Å². The second kappa shape index (κ2) is 6.77. The summed E-state index contributed by atoms with van der Waals surface area (Å²) < 4.78 is 3.45. The topological polar surface area (TPSA) is 73.0 Å². The highest BCUT2D eigenvalue weighted by Crippen LogP contribution is 2.34. The lowest BCUT2D eigenvalue weighted by Gasteiger charge is -2.21. The van der Waals surface area contributed by atoms with Gasteiger partial charge in [0.2, 0.25) is 5.91 Å². The third-order valence-electron chi connectivity index (χ3n) is 4.93. The van der Waals surface area contributed by atoms with Gasteiger partial charge in [0, 0.05) is 24.9 Å². The highest BCUT2D eigenvalue weighted by molar-refractivity contribution is 7.99. The molecule has 4 rings (SSSR count). The molecule has 0 saturated heterocycles. The van der Waals surface area contributed by atoms with Gasteiger partial charge in [0.1, 0.15) is 5.39 Å². The molecule has 1 amide bonds. The molecular formula is C20H23N5O2S. The Morgan fingerprint density at radius 3 is 2.68 bits per heavy atom. The maximum absolute atomic E-state index is 13.1. The molecule has 146 valence electrons. The van der Waals surface area contributed by atoms with E-state index in [1.807, 2.05) is 51.1 Å². The first-order chi connectivity index (χ1) is 13.3. The molecule has 0 bridgehead atoms. The Labute approximate surface area is 167 Å². The van der Waals surface area contributed by atoms with Crippen LogP contribution in [0.5, 0.6) is 0 Å². The summed E-state index contributed by atoms with van der Waals surface area (Å²) in [5, 5.41) is 5.53. The average molecular weight is 398 g/mol. The Hall–Kier alpha value is -2.61. The minimum atomic E-state index is -0.267. The zero-order valence-corrected chi connectivity index (χ0v) is 17.2. The second-order valence-electron chi connectivity index (χ2n) is 7.99. The number of nitrogens with zero attached hydrogens (tertiary/aromatic N) is 5. The second-order valence-corrected chi connectivity index (χ2v) is 8.98. The number of hydrogen-bond donors (Lipinski definition) is 0. The van der Waals surface area contributed by atoms with Gasteiger partial charge in [-0.3, -0.25) is 14.2 Å². The first-order valence-corrected chi connectivity index (χ1v) is 10.2. The van der Waals surface area contributed by atoms with E-state index in [2.05, 4.69) is 5.10 Å². The van der Waals surface area contributed by atoms with Crippen LogP contribution in [0.2, 0.25) is 0 Å². The van der Waals surface area contributed by atoms with Crippen molar-refractivity contribution >= 4 is 34.4 Å². The molecule has 2 aromatic heterocycles. The Kier molecular flexibility index (Phi) is 4.53. The van der Waals surface area contributed by atoms with Gasteiger partial charge in [-0.1, -0.05) is 30.0 Å². The molecule has 0 fully saturated rings. The van der Waals surface area contributed by atoms with Crippen LogP contribution in [0, 0.1) is 0 Å². The smallest absolute Gasteiger partial charge is 0.265 e. The van der Waals surface area contributed by atoms with Gasteiger partial charge < -0.3 is 4.90 Å². The summed E-state index contributed by atoms with van der Waals surface area (Å²) in [7, 11) is 1.76. The SMILES string of the molecule is CN(C(=O)CC1CSc2nc3c(cnn3C(C)(C)C)c(=O)n21)c1ccccc1. The van der Waals surface area contributed by atoms with Crippen molar-refractivity contribution in [2.45, 2.75) is 43.9 Å². The van der Waals surface area contributed by atoms with E-state index < -0.39 is 0 Å². The minimum Gasteiger partial charge on any atom is -0.315 e. The van der Waals surface area contributed by atoms with E-state index in [1.54, 1.807) is 27.4 Å². The predicted molar refractivity (Wildman–Crippen MR) is 111 cm³/mol. The quantitative estimate of drug-likeness (QED) is 0.635. The Balaban J connectivity index is 1.66. The number of benzene rings is 1. The monoisotopic (exact) mass is 397 g/mol. The summed E-state index contributed by atoms with van der Waals surface area (Å²) in [4.78, 5) is 32.2.